The highest BCUT2D eigenvalue weighted by molar-refractivity contribution is 6.35. The van der Waals surface area contributed by atoms with E-state index in [1.807, 2.05) is 31.2 Å². The quantitative estimate of drug-likeness (QED) is 0.873. The number of benzene rings is 1. The van der Waals surface area contributed by atoms with Crippen LogP contribution in [-0.4, -0.2) is 22.7 Å². The average Bonchev–Trinajstić information content (AvgIpc) is 2.41. The number of pyridine rings is 1. The van der Waals surface area contributed by atoms with Gasteiger partial charge >= 0.3 is 0 Å². The highest BCUT2D eigenvalue weighted by Gasteiger charge is 2.06. The maximum atomic E-state index is 9.49. The second-order valence-corrected chi connectivity index (χ2v) is 4.71. The molecule has 96 valence electrons. The molecule has 0 aliphatic heterocycles. The van der Waals surface area contributed by atoms with E-state index in [-0.39, 0.29) is 6.10 Å². The average molecular weight is 265 g/mol. The zero-order valence-corrected chi connectivity index (χ0v) is 11.1. The van der Waals surface area contributed by atoms with Crippen LogP contribution in [-0.2, 0) is 6.54 Å². The number of aromatic nitrogens is 1. The van der Waals surface area contributed by atoms with Crippen molar-refractivity contribution >= 4 is 22.5 Å². The summed E-state index contributed by atoms with van der Waals surface area (Å²) >= 11 is 6.14. The van der Waals surface area contributed by atoms with E-state index in [0.29, 0.717) is 13.1 Å². The predicted molar refractivity (Wildman–Crippen MR) is 74.8 cm³/mol. The number of aliphatic hydroxyl groups is 1. The summed E-state index contributed by atoms with van der Waals surface area (Å²) in [5, 5.41) is 14.4. The summed E-state index contributed by atoms with van der Waals surface area (Å²) in [6, 6.07) is 7.71. The van der Waals surface area contributed by atoms with E-state index >= 15 is 0 Å². The third kappa shape index (κ3) is 2.99. The van der Waals surface area contributed by atoms with Gasteiger partial charge in [-0.3, -0.25) is 4.98 Å². The first kappa shape index (κ1) is 13.3. The van der Waals surface area contributed by atoms with Gasteiger partial charge in [0.25, 0.3) is 0 Å². The molecule has 18 heavy (non-hydrogen) atoms. The second kappa shape index (κ2) is 6.14. The van der Waals surface area contributed by atoms with Gasteiger partial charge in [0.15, 0.2) is 0 Å². The molecule has 0 aliphatic rings. The third-order valence-corrected chi connectivity index (χ3v) is 3.30. The van der Waals surface area contributed by atoms with Crippen LogP contribution >= 0.6 is 11.6 Å². The lowest BCUT2D eigenvalue weighted by atomic mass is 10.1. The number of hydrogen-bond acceptors (Lipinski definition) is 3. The summed E-state index contributed by atoms with van der Waals surface area (Å²) in [6.07, 6.45) is 2.23. The van der Waals surface area contributed by atoms with Crippen molar-refractivity contribution < 1.29 is 5.11 Å². The molecule has 0 fully saturated rings. The minimum atomic E-state index is -0.295. The van der Waals surface area contributed by atoms with Gasteiger partial charge in [0.2, 0.25) is 0 Å². The highest BCUT2D eigenvalue weighted by atomic mass is 35.5. The highest BCUT2D eigenvalue weighted by Crippen LogP contribution is 2.24. The van der Waals surface area contributed by atoms with Gasteiger partial charge in [0.1, 0.15) is 0 Å². The van der Waals surface area contributed by atoms with E-state index in [0.717, 1.165) is 27.9 Å². The molecule has 0 aliphatic carbocycles. The van der Waals surface area contributed by atoms with Crippen LogP contribution in [0.25, 0.3) is 10.9 Å². The Morgan fingerprint density at radius 2 is 2.22 bits per heavy atom. The largest absolute Gasteiger partial charge is 0.392 e. The van der Waals surface area contributed by atoms with Gasteiger partial charge in [-0.1, -0.05) is 24.6 Å². The lowest BCUT2D eigenvalue weighted by Crippen LogP contribution is -2.25. The zero-order valence-electron chi connectivity index (χ0n) is 10.4. The van der Waals surface area contributed by atoms with Crippen molar-refractivity contribution in [1.82, 2.24) is 10.3 Å². The van der Waals surface area contributed by atoms with Gasteiger partial charge < -0.3 is 10.4 Å². The molecule has 4 heteroatoms. The van der Waals surface area contributed by atoms with Crippen LogP contribution in [0.2, 0.25) is 5.02 Å². The molecule has 1 heterocycles. The van der Waals surface area contributed by atoms with Crippen molar-refractivity contribution in [3.63, 3.8) is 0 Å². The van der Waals surface area contributed by atoms with Crippen LogP contribution in [0, 0.1) is 0 Å². The molecule has 0 spiro atoms. The number of rotatable bonds is 5. The molecule has 0 saturated heterocycles. The Morgan fingerprint density at radius 1 is 1.39 bits per heavy atom. The summed E-state index contributed by atoms with van der Waals surface area (Å²) in [7, 11) is 0. The van der Waals surface area contributed by atoms with Crippen molar-refractivity contribution in [3.8, 4) is 0 Å². The summed E-state index contributed by atoms with van der Waals surface area (Å²) in [4.78, 5) is 4.37. The second-order valence-electron chi connectivity index (χ2n) is 4.30. The standard InChI is InChI=1S/C14H17ClN2O/c1-2-11(18)9-16-8-10-5-6-13(15)12-4-3-7-17-14(10)12/h3-7,11,16,18H,2,8-9H2,1H3. The van der Waals surface area contributed by atoms with Gasteiger partial charge in [-0.15, -0.1) is 0 Å². The fraction of sp³-hybridized carbons (Fsp3) is 0.357. The first-order chi connectivity index (χ1) is 8.72. The normalized spacial score (nSPS) is 12.8. The topological polar surface area (TPSA) is 45.1 Å². The van der Waals surface area contributed by atoms with E-state index < -0.39 is 0 Å². The molecule has 1 aromatic carbocycles. The van der Waals surface area contributed by atoms with E-state index in [2.05, 4.69) is 10.3 Å². The first-order valence-corrected chi connectivity index (χ1v) is 6.51. The number of hydrogen-bond donors (Lipinski definition) is 2. The molecule has 1 atom stereocenters. The van der Waals surface area contributed by atoms with Gasteiger partial charge in [0.05, 0.1) is 11.6 Å². The zero-order chi connectivity index (χ0) is 13.0. The molecule has 2 N–H and O–H groups in total. The molecule has 0 saturated carbocycles. The predicted octanol–water partition coefficient (Wildman–Crippen LogP) is 2.75. The number of nitrogens with zero attached hydrogens (tertiary/aromatic N) is 1. The van der Waals surface area contributed by atoms with E-state index in [1.165, 1.54) is 0 Å². The Hall–Kier alpha value is -1.16. The molecule has 2 rings (SSSR count). The number of nitrogens with one attached hydrogen (secondary N) is 1. The third-order valence-electron chi connectivity index (χ3n) is 2.97. The maximum Gasteiger partial charge on any atom is 0.0761 e. The van der Waals surface area contributed by atoms with Crippen LogP contribution in [0.15, 0.2) is 30.5 Å². The van der Waals surface area contributed by atoms with Crippen LogP contribution in [0.1, 0.15) is 18.9 Å². The molecule has 1 unspecified atom stereocenters. The van der Waals surface area contributed by atoms with E-state index in [9.17, 15) is 5.11 Å². The number of fused-ring (bicyclic) bond motifs is 1. The van der Waals surface area contributed by atoms with Crippen molar-refractivity contribution in [1.29, 1.82) is 0 Å². The Balaban J connectivity index is 2.16. The molecule has 0 amide bonds. The van der Waals surface area contributed by atoms with E-state index in [4.69, 9.17) is 11.6 Å². The van der Waals surface area contributed by atoms with Gasteiger partial charge in [-0.25, -0.2) is 0 Å². The SMILES string of the molecule is CCC(O)CNCc1ccc(Cl)c2cccnc12. The van der Waals surface area contributed by atoms with Crippen LogP contribution in [0.4, 0.5) is 0 Å². The smallest absolute Gasteiger partial charge is 0.0761 e. The Labute approximate surface area is 112 Å². The molecule has 1 aromatic heterocycles. The Bertz CT molecular complexity index is 530. The van der Waals surface area contributed by atoms with Crippen molar-refractivity contribution in [2.75, 3.05) is 6.54 Å². The lowest BCUT2D eigenvalue weighted by molar-refractivity contribution is 0.167. The minimum Gasteiger partial charge on any atom is -0.392 e. The van der Waals surface area contributed by atoms with Crippen molar-refractivity contribution in [2.24, 2.45) is 0 Å². The van der Waals surface area contributed by atoms with Crippen LogP contribution in [0.3, 0.4) is 0 Å². The van der Waals surface area contributed by atoms with Gasteiger partial charge in [-0.05, 0) is 30.2 Å². The van der Waals surface area contributed by atoms with Crippen molar-refractivity contribution in [3.05, 3.63) is 41.0 Å². The molecule has 0 radical (unpaired) electrons. The number of halogens is 1. The maximum absolute atomic E-state index is 9.49. The monoisotopic (exact) mass is 264 g/mol. The Kier molecular flexibility index (Phi) is 4.53. The minimum absolute atomic E-state index is 0.295. The Morgan fingerprint density at radius 3 is 3.00 bits per heavy atom. The fourth-order valence-electron chi connectivity index (χ4n) is 1.86. The van der Waals surface area contributed by atoms with Gasteiger partial charge in [0, 0.05) is 29.7 Å². The van der Waals surface area contributed by atoms with E-state index in [1.54, 1.807) is 6.20 Å². The van der Waals surface area contributed by atoms with Crippen molar-refractivity contribution in [2.45, 2.75) is 26.0 Å². The molecular formula is C14H17ClN2O. The first-order valence-electron chi connectivity index (χ1n) is 6.13. The fourth-order valence-corrected chi connectivity index (χ4v) is 2.07. The molecule has 3 nitrogen and oxygen atoms in total. The lowest BCUT2D eigenvalue weighted by Gasteiger charge is -2.11. The summed E-state index contributed by atoms with van der Waals surface area (Å²) < 4.78 is 0. The summed E-state index contributed by atoms with van der Waals surface area (Å²) in [6.45, 7) is 3.24. The summed E-state index contributed by atoms with van der Waals surface area (Å²) in [5.41, 5.74) is 2.02. The molecular weight excluding hydrogens is 248 g/mol. The molecule has 0 bridgehead atoms. The summed E-state index contributed by atoms with van der Waals surface area (Å²) in [5.74, 6) is 0. The molecule has 2 aromatic rings. The van der Waals surface area contributed by atoms with Crippen LogP contribution < -0.4 is 5.32 Å². The van der Waals surface area contributed by atoms with Gasteiger partial charge in [-0.2, -0.15) is 0 Å². The van der Waals surface area contributed by atoms with Crippen LogP contribution in [0.5, 0.6) is 0 Å². The number of aliphatic hydroxyl groups excluding tert-OH is 1.